The van der Waals surface area contributed by atoms with E-state index in [1.54, 1.807) is 41.4 Å². The normalized spacial score (nSPS) is 14.1. The molecule has 3 rings (SSSR count). The molecular formula is C35H35F15N2O5. The van der Waals surface area contributed by atoms with Gasteiger partial charge in [0.1, 0.15) is 18.1 Å². The Labute approximate surface area is 315 Å². The maximum atomic E-state index is 13.9. The average Bonchev–Trinajstić information content (AvgIpc) is 3.11. The van der Waals surface area contributed by atoms with Crippen LogP contribution in [0.15, 0.2) is 60.9 Å². The molecule has 57 heavy (non-hydrogen) atoms. The van der Waals surface area contributed by atoms with Gasteiger partial charge in [-0.3, -0.25) is 0 Å². The molecule has 0 radical (unpaired) electrons. The number of hydrogen-bond donors (Lipinski definition) is 1. The Morgan fingerprint density at radius 1 is 0.579 bits per heavy atom. The number of hydrogen-bond acceptors (Lipinski definition) is 7. The van der Waals surface area contributed by atoms with Gasteiger partial charge in [-0.05, 0) is 60.4 Å². The summed E-state index contributed by atoms with van der Waals surface area (Å²) >= 11 is 0. The van der Waals surface area contributed by atoms with Gasteiger partial charge in [0.05, 0.1) is 6.10 Å². The summed E-state index contributed by atoms with van der Waals surface area (Å²) in [5, 5.41) is 10.4. The molecule has 7 nitrogen and oxygen atoms in total. The first-order valence-electron chi connectivity index (χ1n) is 16.9. The number of aryl methyl sites for hydroxylation is 1. The highest BCUT2D eigenvalue weighted by atomic mass is 19.4. The van der Waals surface area contributed by atoms with Crippen LogP contribution in [0.2, 0.25) is 0 Å². The van der Waals surface area contributed by atoms with Crippen LogP contribution in [0.5, 0.6) is 11.5 Å². The fourth-order valence-electron chi connectivity index (χ4n) is 4.78. The molecule has 0 saturated heterocycles. The highest BCUT2D eigenvalue weighted by Gasteiger charge is 2.85. The lowest BCUT2D eigenvalue weighted by atomic mass is 10.1. The first-order chi connectivity index (χ1) is 26.2. The molecule has 0 spiro atoms. The number of alkyl halides is 15. The van der Waals surface area contributed by atoms with Crippen molar-refractivity contribution >= 4 is 0 Å². The predicted octanol–water partition coefficient (Wildman–Crippen LogP) is 10.6. The molecule has 22 heteroatoms. The van der Waals surface area contributed by atoms with Crippen molar-refractivity contribution in [2.24, 2.45) is 0 Å². The Bertz CT molecular complexity index is 1680. The summed E-state index contributed by atoms with van der Waals surface area (Å²) in [6, 6.07) is 10.9. The molecule has 0 saturated carbocycles. The molecule has 0 aliphatic rings. The zero-order valence-corrected chi connectivity index (χ0v) is 29.6. The number of aliphatic hydroxyl groups is 1. The molecule has 1 atom stereocenters. The third kappa shape index (κ3) is 12.7. The topological polar surface area (TPSA) is 82.9 Å². The highest BCUT2D eigenvalue weighted by molar-refractivity contribution is 5.55. The summed E-state index contributed by atoms with van der Waals surface area (Å²) < 4.78 is 212. The number of ether oxygens (including phenoxy) is 4. The summed E-state index contributed by atoms with van der Waals surface area (Å²) in [4.78, 5) is 8.83. The van der Waals surface area contributed by atoms with Crippen molar-refractivity contribution in [3.05, 3.63) is 72.1 Å². The number of rotatable bonds is 23. The molecule has 0 aliphatic heterocycles. The van der Waals surface area contributed by atoms with Gasteiger partial charge in [0.15, 0.2) is 12.4 Å². The summed E-state index contributed by atoms with van der Waals surface area (Å²) in [5.74, 6) is -15.5. The number of aliphatic hydroxyl groups excluding tert-OH is 1. The van der Waals surface area contributed by atoms with E-state index in [2.05, 4.69) is 26.4 Å². The summed E-state index contributed by atoms with van der Waals surface area (Å²) in [6.07, 6.45) is -25.0. The van der Waals surface area contributed by atoms with Crippen LogP contribution in [0.4, 0.5) is 65.9 Å². The van der Waals surface area contributed by atoms with Crippen molar-refractivity contribution in [2.45, 2.75) is 107 Å². The van der Waals surface area contributed by atoms with Gasteiger partial charge in [0.2, 0.25) is 0 Å². The van der Waals surface area contributed by atoms with Crippen LogP contribution < -0.4 is 9.47 Å². The first kappa shape index (κ1) is 47.3. The molecule has 0 bridgehead atoms. The van der Waals surface area contributed by atoms with Gasteiger partial charge in [0, 0.05) is 24.4 Å². The number of benzene rings is 2. The molecule has 0 fully saturated rings. The minimum Gasteiger partial charge on any atom is -0.491 e. The van der Waals surface area contributed by atoms with Gasteiger partial charge >= 0.3 is 42.5 Å². The fraction of sp³-hybridized carbons (Fsp3) is 0.543. The monoisotopic (exact) mass is 848 g/mol. The Kier molecular flexibility index (Phi) is 15.5. The molecule has 0 aliphatic carbocycles. The molecule has 1 unspecified atom stereocenters. The molecule has 3 aromatic rings. The van der Waals surface area contributed by atoms with Crippen LogP contribution in [-0.4, -0.2) is 76.8 Å². The number of unbranched alkanes of at least 4 members (excludes halogenated alkanes) is 5. The van der Waals surface area contributed by atoms with Crippen LogP contribution >= 0.6 is 0 Å². The minimum atomic E-state index is -7.94. The van der Waals surface area contributed by atoms with E-state index in [0.717, 1.165) is 37.0 Å². The fourth-order valence-corrected chi connectivity index (χ4v) is 4.78. The SMILES string of the molecule is CCCCCCCCc1cnc(-c2ccc(OCC(O)Cc3ccc(OCC(F)(F)OC(F)(F)C(F)(F)OC(F)(F)C(F)(F)C(F)(F)C(F)(F)F)cc3)cc2)nc1. The quantitative estimate of drug-likeness (QED) is 0.0752. The second-order valence-electron chi connectivity index (χ2n) is 12.6. The summed E-state index contributed by atoms with van der Waals surface area (Å²) in [6.45, 7) is -0.445. The molecule has 2 aromatic carbocycles. The third-order valence-electron chi connectivity index (χ3n) is 7.87. The van der Waals surface area contributed by atoms with E-state index in [-0.39, 0.29) is 13.0 Å². The predicted molar refractivity (Wildman–Crippen MR) is 170 cm³/mol. The molecule has 1 aromatic heterocycles. The van der Waals surface area contributed by atoms with Crippen LogP contribution in [0.1, 0.15) is 56.6 Å². The van der Waals surface area contributed by atoms with Gasteiger partial charge in [-0.15, -0.1) is 0 Å². The van der Waals surface area contributed by atoms with Crippen LogP contribution in [0.25, 0.3) is 11.4 Å². The molecule has 0 amide bonds. The molecule has 1 N–H and O–H groups in total. The Morgan fingerprint density at radius 2 is 1.09 bits per heavy atom. The van der Waals surface area contributed by atoms with E-state index < -0.39 is 60.9 Å². The minimum absolute atomic E-state index is 0.0869. The zero-order valence-electron chi connectivity index (χ0n) is 29.6. The lowest BCUT2D eigenvalue weighted by Crippen LogP contribution is -2.64. The van der Waals surface area contributed by atoms with Gasteiger partial charge in [-0.1, -0.05) is 51.2 Å². The summed E-state index contributed by atoms with van der Waals surface area (Å²) in [7, 11) is 0. The van der Waals surface area contributed by atoms with Crippen molar-refractivity contribution in [1.82, 2.24) is 9.97 Å². The number of nitrogens with zero attached hydrogens (tertiary/aromatic N) is 2. The smallest absolute Gasteiger partial charge is 0.460 e. The number of aromatic nitrogens is 2. The van der Waals surface area contributed by atoms with E-state index in [4.69, 9.17) is 4.74 Å². The van der Waals surface area contributed by atoms with Gasteiger partial charge < -0.3 is 14.6 Å². The molecule has 320 valence electrons. The standard InChI is InChI=1S/C35H35F15N2O5/c1-2-3-4-5-6-7-8-23-18-51-28(52-19-23)24-11-15-26(16-12-24)54-20-25(53)17-22-9-13-27(14-10-22)55-21-29(36,37)56-34(47,48)35(49,50)57-33(45,46)31(40,41)30(38,39)32(42,43)44/h9-16,18-19,25,53H,2-8,17,20-21H2,1H3. The Morgan fingerprint density at radius 3 is 1.65 bits per heavy atom. The molecule has 1 heterocycles. The van der Waals surface area contributed by atoms with E-state index in [1.807, 2.05) is 0 Å². The van der Waals surface area contributed by atoms with Gasteiger partial charge in [-0.2, -0.15) is 65.9 Å². The van der Waals surface area contributed by atoms with Crippen LogP contribution in [0, 0.1) is 0 Å². The second-order valence-corrected chi connectivity index (χ2v) is 12.6. The Balaban J connectivity index is 1.47. The zero-order chi connectivity index (χ0) is 42.9. The van der Waals surface area contributed by atoms with Crippen molar-refractivity contribution in [1.29, 1.82) is 0 Å². The maximum Gasteiger partial charge on any atom is 0.460 e. The Hall–Kier alpha value is -4.05. The average molecular weight is 849 g/mol. The number of halogens is 15. The van der Waals surface area contributed by atoms with Crippen molar-refractivity contribution in [2.75, 3.05) is 13.2 Å². The maximum absolute atomic E-state index is 13.9. The van der Waals surface area contributed by atoms with E-state index in [1.165, 1.54) is 37.8 Å². The highest BCUT2D eigenvalue weighted by Crippen LogP contribution is 2.56. The van der Waals surface area contributed by atoms with Crippen LogP contribution in [-0.2, 0) is 22.3 Å². The lowest BCUT2D eigenvalue weighted by molar-refractivity contribution is -0.542. The lowest BCUT2D eigenvalue weighted by Gasteiger charge is -2.36. The van der Waals surface area contributed by atoms with Crippen molar-refractivity contribution in [3.63, 3.8) is 0 Å². The van der Waals surface area contributed by atoms with E-state index >= 15 is 0 Å². The van der Waals surface area contributed by atoms with Crippen LogP contribution in [0.3, 0.4) is 0 Å². The molecular weight excluding hydrogens is 813 g/mol. The first-order valence-corrected chi connectivity index (χ1v) is 16.9. The largest absolute Gasteiger partial charge is 0.491 e. The van der Waals surface area contributed by atoms with Crippen molar-refractivity contribution < 1.29 is 89.9 Å². The van der Waals surface area contributed by atoms with Gasteiger partial charge in [0.25, 0.3) is 0 Å². The second kappa shape index (κ2) is 18.7. The summed E-state index contributed by atoms with van der Waals surface area (Å²) in [5.41, 5.74) is 2.08. The van der Waals surface area contributed by atoms with Crippen molar-refractivity contribution in [3.8, 4) is 22.9 Å². The van der Waals surface area contributed by atoms with Gasteiger partial charge in [-0.25, -0.2) is 19.4 Å². The third-order valence-corrected chi connectivity index (χ3v) is 7.87. The van der Waals surface area contributed by atoms with E-state index in [0.29, 0.717) is 22.7 Å². The van der Waals surface area contributed by atoms with E-state index in [9.17, 15) is 71.0 Å².